The van der Waals surface area contributed by atoms with Gasteiger partial charge in [0.05, 0.1) is 5.56 Å². The molecule has 0 saturated carbocycles. The SMILES string of the molecule is O=C(O)c1csc(-c2ccccc2O)n1. The maximum absolute atomic E-state index is 10.6. The normalized spacial score (nSPS) is 10.1. The number of thiazole rings is 1. The van der Waals surface area contributed by atoms with Crippen LogP contribution in [0.1, 0.15) is 10.5 Å². The van der Waals surface area contributed by atoms with Gasteiger partial charge in [-0.15, -0.1) is 11.3 Å². The minimum absolute atomic E-state index is 0.00162. The van der Waals surface area contributed by atoms with E-state index in [1.54, 1.807) is 18.2 Å². The summed E-state index contributed by atoms with van der Waals surface area (Å²) in [5.41, 5.74) is 0.549. The van der Waals surface area contributed by atoms with Crippen LogP contribution in [0.4, 0.5) is 0 Å². The molecule has 0 fully saturated rings. The van der Waals surface area contributed by atoms with Crippen LogP contribution in [0.2, 0.25) is 0 Å². The van der Waals surface area contributed by atoms with Gasteiger partial charge in [0.25, 0.3) is 0 Å². The summed E-state index contributed by atoms with van der Waals surface area (Å²) in [7, 11) is 0. The van der Waals surface area contributed by atoms with Gasteiger partial charge in [-0.05, 0) is 12.1 Å². The highest BCUT2D eigenvalue weighted by atomic mass is 32.1. The zero-order chi connectivity index (χ0) is 10.8. The Hall–Kier alpha value is -1.88. The topological polar surface area (TPSA) is 70.4 Å². The Balaban J connectivity index is 2.46. The molecule has 1 heterocycles. The molecule has 76 valence electrons. The number of benzene rings is 1. The average molecular weight is 221 g/mol. The summed E-state index contributed by atoms with van der Waals surface area (Å²) in [6.45, 7) is 0. The van der Waals surface area contributed by atoms with Gasteiger partial charge < -0.3 is 10.2 Å². The Labute approximate surface area is 89.5 Å². The van der Waals surface area contributed by atoms with Crippen molar-refractivity contribution < 1.29 is 15.0 Å². The zero-order valence-electron chi connectivity index (χ0n) is 7.54. The van der Waals surface area contributed by atoms with Crippen LogP contribution in [0.15, 0.2) is 29.6 Å². The first-order chi connectivity index (χ1) is 7.18. The van der Waals surface area contributed by atoms with Crippen molar-refractivity contribution in [1.82, 2.24) is 4.98 Å². The quantitative estimate of drug-likeness (QED) is 0.815. The number of carboxylic acids is 1. The fraction of sp³-hybridized carbons (Fsp3) is 0. The Bertz CT molecular complexity index is 507. The van der Waals surface area contributed by atoms with Gasteiger partial charge >= 0.3 is 5.97 Å². The Kier molecular flexibility index (Phi) is 2.39. The van der Waals surface area contributed by atoms with Gasteiger partial charge in [0.15, 0.2) is 5.69 Å². The third-order valence-corrected chi connectivity index (χ3v) is 2.73. The molecule has 0 spiro atoms. The van der Waals surface area contributed by atoms with E-state index in [4.69, 9.17) is 5.11 Å². The van der Waals surface area contributed by atoms with E-state index in [-0.39, 0.29) is 11.4 Å². The van der Waals surface area contributed by atoms with Crippen LogP contribution in [0.25, 0.3) is 10.6 Å². The Morgan fingerprint density at radius 1 is 1.33 bits per heavy atom. The lowest BCUT2D eigenvalue weighted by atomic mass is 10.2. The van der Waals surface area contributed by atoms with E-state index in [0.717, 1.165) is 0 Å². The van der Waals surface area contributed by atoms with Gasteiger partial charge in [-0.3, -0.25) is 0 Å². The summed E-state index contributed by atoms with van der Waals surface area (Å²) in [6, 6.07) is 6.69. The standard InChI is InChI=1S/C10H7NO3S/c12-8-4-2-1-3-6(8)9-11-7(5-15-9)10(13)14/h1-5,12H,(H,13,14). The predicted octanol–water partition coefficient (Wildman–Crippen LogP) is 2.21. The highest BCUT2D eigenvalue weighted by molar-refractivity contribution is 7.13. The molecule has 0 aliphatic carbocycles. The van der Waals surface area contributed by atoms with Gasteiger partial charge in [-0.2, -0.15) is 0 Å². The number of phenolic OH excluding ortho intramolecular Hbond substituents is 1. The number of aromatic carboxylic acids is 1. The van der Waals surface area contributed by atoms with Crippen molar-refractivity contribution in [3.8, 4) is 16.3 Å². The first-order valence-electron chi connectivity index (χ1n) is 4.15. The van der Waals surface area contributed by atoms with Gasteiger partial charge in [0.2, 0.25) is 0 Å². The molecular formula is C10H7NO3S. The van der Waals surface area contributed by atoms with Crippen LogP contribution < -0.4 is 0 Å². The molecule has 2 rings (SSSR count). The Morgan fingerprint density at radius 3 is 2.67 bits per heavy atom. The molecule has 1 aromatic heterocycles. The van der Waals surface area contributed by atoms with Crippen molar-refractivity contribution in [2.75, 3.05) is 0 Å². The molecule has 0 unspecified atom stereocenters. The number of aromatic nitrogens is 1. The maximum Gasteiger partial charge on any atom is 0.355 e. The summed E-state index contributed by atoms with van der Waals surface area (Å²) >= 11 is 1.19. The maximum atomic E-state index is 10.6. The minimum Gasteiger partial charge on any atom is -0.507 e. The second-order valence-corrected chi connectivity index (χ2v) is 3.72. The zero-order valence-corrected chi connectivity index (χ0v) is 8.36. The molecule has 15 heavy (non-hydrogen) atoms. The fourth-order valence-corrected chi connectivity index (χ4v) is 1.98. The second-order valence-electron chi connectivity index (χ2n) is 2.86. The molecule has 0 atom stereocenters. The lowest BCUT2D eigenvalue weighted by Gasteiger charge is -1.98. The van der Waals surface area contributed by atoms with Crippen LogP contribution in [-0.2, 0) is 0 Å². The summed E-state index contributed by atoms with van der Waals surface area (Å²) in [5, 5.41) is 20.2. The van der Waals surface area contributed by atoms with Crippen LogP contribution in [0, 0.1) is 0 Å². The van der Waals surface area contributed by atoms with Gasteiger partial charge in [0.1, 0.15) is 10.8 Å². The number of carboxylic acid groups (broad SMARTS) is 1. The first-order valence-corrected chi connectivity index (χ1v) is 5.03. The lowest BCUT2D eigenvalue weighted by Crippen LogP contribution is -1.95. The molecule has 0 amide bonds. The third kappa shape index (κ3) is 1.82. The fourth-order valence-electron chi connectivity index (χ4n) is 1.15. The van der Waals surface area contributed by atoms with E-state index < -0.39 is 5.97 Å². The summed E-state index contributed by atoms with van der Waals surface area (Å²) in [6.07, 6.45) is 0. The van der Waals surface area contributed by atoms with E-state index >= 15 is 0 Å². The average Bonchev–Trinajstić information content (AvgIpc) is 2.67. The van der Waals surface area contributed by atoms with Crippen molar-refractivity contribution in [3.63, 3.8) is 0 Å². The molecule has 0 saturated heterocycles. The summed E-state index contributed by atoms with van der Waals surface area (Å²) in [5.74, 6) is -0.961. The largest absolute Gasteiger partial charge is 0.507 e. The molecule has 5 heteroatoms. The second kappa shape index (κ2) is 3.70. The smallest absolute Gasteiger partial charge is 0.355 e. The van der Waals surface area contributed by atoms with Crippen LogP contribution in [0.5, 0.6) is 5.75 Å². The van der Waals surface area contributed by atoms with Crippen LogP contribution >= 0.6 is 11.3 Å². The van der Waals surface area contributed by atoms with E-state index in [1.165, 1.54) is 22.8 Å². The van der Waals surface area contributed by atoms with Crippen molar-refractivity contribution in [2.24, 2.45) is 0 Å². The van der Waals surface area contributed by atoms with E-state index in [0.29, 0.717) is 10.6 Å². The number of rotatable bonds is 2. The van der Waals surface area contributed by atoms with Crippen molar-refractivity contribution in [3.05, 3.63) is 35.3 Å². The van der Waals surface area contributed by atoms with Crippen LogP contribution in [0.3, 0.4) is 0 Å². The molecule has 4 nitrogen and oxygen atoms in total. The molecular weight excluding hydrogens is 214 g/mol. The summed E-state index contributed by atoms with van der Waals surface area (Å²) in [4.78, 5) is 14.5. The number of phenols is 1. The first kappa shape index (κ1) is 9.67. The predicted molar refractivity (Wildman–Crippen MR) is 56.2 cm³/mol. The number of para-hydroxylation sites is 1. The minimum atomic E-state index is -1.06. The molecule has 0 radical (unpaired) electrons. The highest BCUT2D eigenvalue weighted by Gasteiger charge is 2.11. The van der Waals surface area contributed by atoms with Crippen molar-refractivity contribution in [2.45, 2.75) is 0 Å². The molecule has 0 aliphatic heterocycles. The molecule has 1 aromatic carbocycles. The summed E-state index contributed by atoms with van der Waals surface area (Å²) < 4.78 is 0. The van der Waals surface area contributed by atoms with Gasteiger partial charge in [0, 0.05) is 5.38 Å². The van der Waals surface area contributed by atoms with E-state index in [1.807, 2.05) is 0 Å². The lowest BCUT2D eigenvalue weighted by molar-refractivity contribution is 0.0691. The van der Waals surface area contributed by atoms with Gasteiger partial charge in [-0.1, -0.05) is 12.1 Å². The molecule has 2 aromatic rings. The molecule has 2 N–H and O–H groups in total. The van der Waals surface area contributed by atoms with Gasteiger partial charge in [-0.25, -0.2) is 9.78 Å². The number of nitrogens with zero attached hydrogens (tertiary/aromatic N) is 1. The molecule has 0 bridgehead atoms. The Morgan fingerprint density at radius 2 is 2.07 bits per heavy atom. The van der Waals surface area contributed by atoms with Crippen molar-refractivity contribution in [1.29, 1.82) is 0 Å². The third-order valence-electron chi connectivity index (χ3n) is 1.86. The van der Waals surface area contributed by atoms with E-state index in [2.05, 4.69) is 4.98 Å². The number of hydrogen-bond acceptors (Lipinski definition) is 4. The monoisotopic (exact) mass is 221 g/mol. The number of hydrogen-bond donors (Lipinski definition) is 2. The van der Waals surface area contributed by atoms with Crippen molar-refractivity contribution >= 4 is 17.3 Å². The highest BCUT2D eigenvalue weighted by Crippen LogP contribution is 2.30. The number of aromatic hydroxyl groups is 1. The molecule has 0 aliphatic rings. The van der Waals surface area contributed by atoms with E-state index in [9.17, 15) is 9.90 Å². The van der Waals surface area contributed by atoms with Crippen LogP contribution in [-0.4, -0.2) is 21.2 Å². The number of carbonyl (C=O) groups is 1.